The number of para-hydroxylation sites is 2. The number of hydrogen-bond acceptors (Lipinski definition) is 1. The third-order valence-electron chi connectivity index (χ3n) is 3.29. The quantitative estimate of drug-likeness (QED) is 0.637. The van der Waals surface area contributed by atoms with Crippen LogP contribution in [0.4, 0.5) is 0 Å². The number of fused-ring (bicyclic) bond motifs is 1. The Kier molecular flexibility index (Phi) is 3.68. The van der Waals surface area contributed by atoms with Gasteiger partial charge in [0.25, 0.3) is 0 Å². The summed E-state index contributed by atoms with van der Waals surface area (Å²) in [6, 6.07) is 14.1. The number of halogens is 2. The van der Waals surface area contributed by atoms with E-state index in [2.05, 4.69) is 21.7 Å². The van der Waals surface area contributed by atoms with E-state index in [4.69, 9.17) is 23.2 Å². The van der Waals surface area contributed by atoms with Crippen LogP contribution < -0.4 is 0 Å². The summed E-state index contributed by atoms with van der Waals surface area (Å²) in [7, 11) is 0. The molecule has 0 amide bonds. The first-order valence-electron chi connectivity index (χ1n) is 6.49. The van der Waals surface area contributed by atoms with Crippen LogP contribution in [0.1, 0.15) is 11.4 Å². The van der Waals surface area contributed by atoms with Crippen LogP contribution in [0.2, 0.25) is 5.02 Å². The standard InChI is InChI=1S/C16H14Cl2N2/c1-11-6-7-14(12(18)10-11)20-15-5-3-2-4-13(15)19-16(20)8-9-17/h2-7,10H,8-9H2,1H3. The molecule has 1 heterocycles. The lowest BCUT2D eigenvalue weighted by Gasteiger charge is -2.11. The van der Waals surface area contributed by atoms with Gasteiger partial charge in [0.15, 0.2) is 0 Å². The molecule has 0 spiro atoms. The first kappa shape index (κ1) is 13.5. The Morgan fingerprint density at radius 1 is 1.15 bits per heavy atom. The number of benzene rings is 2. The highest BCUT2D eigenvalue weighted by Gasteiger charge is 2.13. The molecule has 0 saturated heterocycles. The van der Waals surface area contributed by atoms with E-state index >= 15 is 0 Å². The normalized spacial score (nSPS) is 11.2. The predicted octanol–water partition coefficient (Wildman–Crippen LogP) is 4.77. The van der Waals surface area contributed by atoms with Gasteiger partial charge in [-0.15, -0.1) is 11.6 Å². The van der Waals surface area contributed by atoms with Crippen LogP contribution in [0.3, 0.4) is 0 Å². The molecule has 2 aromatic carbocycles. The molecule has 0 saturated carbocycles. The Bertz CT molecular complexity index is 762. The highest BCUT2D eigenvalue weighted by atomic mass is 35.5. The van der Waals surface area contributed by atoms with Gasteiger partial charge in [-0.3, -0.25) is 4.57 Å². The number of imidazole rings is 1. The Morgan fingerprint density at radius 3 is 2.70 bits per heavy atom. The summed E-state index contributed by atoms with van der Waals surface area (Å²) in [4.78, 5) is 4.66. The lowest BCUT2D eigenvalue weighted by atomic mass is 10.2. The summed E-state index contributed by atoms with van der Waals surface area (Å²) in [6.07, 6.45) is 0.709. The first-order valence-corrected chi connectivity index (χ1v) is 7.41. The second-order valence-electron chi connectivity index (χ2n) is 4.75. The molecule has 102 valence electrons. The van der Waals surface area contributed by atoms with Crippen molar-refractivity contribution in [2.75, 3.05) is 5.88 Å². The number of aryl methyl sites for hydroxylation is 2. The zero-order valence-corrected chi connectivity index (χ0v) is 12.6. The van der Waals surface area contributed by atoms with Crippen molar-refractivity contribution in [1.29, 1.82) is 0 Å². The van der Waals surface area contributed by atoms with E-state index in [1.807, 2.05) is 37.3 Å². The molecule has 0 fully saturated rings. The van der Waals surface area contributed by atoms with E-state index < -0.39 is 0 Å². The van der Waals surface area contributed by atoms with Crippen LogP contribution in [0.5, 0.6) is 0 Å². The molecule has 0 aliphatic heterocycles. The largest absolute Gasteiger partial charge is 0.295 e. The Hall–Kier alpha value is -1.51. The van der Waals surface area contributed by atoms with E-state index in [-0.39, 0.29) is 0 Å². The first-order chi connectivity index (χ1) is 9.70. The van der Waals surface area contributed by atoms with Gasteiger partial charge in [-0.05, 0) is 36.8 Å². The highest BCUT2D eigenvalue weighted by Crippen LogP contribution is 2.28. The van der Waals surface area contributed by atoms with E-state index in [0.717, 1.165) is 33.1 Å². The van der Waals surface area contributed by atoms with Gasteiger partial charge >= 0.3 is 0 Å². The van der Waals surface area contributed by atoms with Gasteiger partial charge in [0.05, 0.1) is 21.7 Å². The van der Waals surface area contributed by atoms with Gasteiger partial charge in [-0.2, -0.15) is 0 Å². The zero-order valence-electron chi connectivity index (χ0n) is 11.1. The maximum atomic E-state index is 6.41. The van der Waals surface area contributed by atoms with E-state index in [1.165, 1.54) is 0 Å². The van der Waals surface area contributed by atoms with Crippen molar-refractivity contribution in [3.63, 3.8) is 0 Å². The maximum absolute atomic E-state index is 6.41. The van der Waals surface area contributed by atoms with Crippen molar-refractivity contribution in [2.24, 2.45) is 0 Å². The molecule has 2 nitrogen and oxygen atoms in total. The van der Waals surface area contributed by atoms with Crippen molar-refractivity contribution in [2.45, 2.75) is 13.3 Å². The molecule has 0 bridgehead atoms. The molecule has 0 radical (unpaired) electrons. The third kappa shape index (κ3) is 2.30. The number of aromatic nitrogens is 2. The van der Waals surface area contributed by atoms with Crippen LogP contribution in [0, 0.1) is 6.92 Å². The smallest absolute Gasteiger partial charge is 0.115 e. The summed E-state index contributed by atoms with van der Waals surface area (Å²) in [5.74, 6) is 1.47. The molecule has 3 aromatic rings. The second-order valence-corrected chi connectivity index (χ2v) is 5.53. The van der Waals surface area contributed by atoms with Gasteiger partial charge in [-0.1, -0.05) is 29.8 Å². The van der Waals surface area contributed by atoms with Gasteiger partial charge < -0.3 is 0 Å². The molecule has 0 unspecified atom stereocenters. The Morgan fingerprint density at radius 2 is 1.95 bits per heavy atom. The van der Waals surface area contributed by atoms with Crippen molar-refractivity contribution in [3.05, 3.63) is 58.9 Å². The van der Waals surface area contributed by atoms with Gasteiger partial charge in [0, 0.05) is 12.3 Å². The summed E-state index contributed by atoms with van der Waals surface area (Å²) >= 11 is 12.3. The minimum absolute atomic E-state index is 0.535. The van der Waals surface area contributed by atoms with Crippen molar-refractivity contribution >= 4 is 34.2 Å². The minimum Gasteiger partial charge on any atom is -0.295 e. The van der Waals surface area contributed by atoms with Crippen LogP contribution in [0.15, 0.2) is 42.5 Å². The van der Waals surface area contributed by atoms with E-state index in [0.29, 0.717) is 12.3 Å². The zero-order chi connectivity index (χ0) is 14.1. The van der Waals surface area contributed by atoms with Crippen molar-refractivity contribution < 1.29 is 0 Å². The minimum atomic E-state index is 0.535. The van der Waals surface area contributed by atoms with E-state index in [9.17, 15) is 0 Å². The number of rotatable bonds is 3. The Balaban J connectivity index is 2.30. The summed E-state index contributed by atoms with van der Waals surface area (Å²) in [6.45, 7) is 2.03. The lowest BCUT2D eigenvalue weighted by Crippen LogP contribution is -2.03. The van der Waals surface area contributed by atoms with Gasteiger partial charge in [0.2, 0.25) is 0 Å². The van der Waals surface area contributed by atoms with Gasteiger partial charge in [0.1, 0.15) is 5.82 Å². The monoisotopic (exact) mass is 304 g/mol. The molecular formula is C16H14Cl2N2. The fraction of sp³-hybridized carbons (Fsp3) is 0.188. The molecule has 3 rings (SSSR count). The number of alkyl halides is 1. The summed E-state index contributed by atoms with van der Waals surface area (Å²) < 4.78 is 2.10. The predicted molar refractivity (Wildman–Crippen MR) is 85.2 cm³/mol. The third-order valence-corrected chi connectivity index (χ3v) is 3.78. The molecule has 20 heavy (non-hydrogen) atoms. The lowest BCUT2D eigenvalue weighted by molar-refractivity contribution is 0.912. The fourth-order valence-electron chi connectivity index (χ4n) is 2.39. The molecule has 0 N–H and O–H groups in total. The van der Waals surface area contributed by atoms with E-state index in [1.54, 1.807) is 0 Å². The molecule has 0 atom stereocenters. The molecule has 4 heteroatoms. The Labute approximate surface area is 128 Å². The molecule has 0 aliphatic rings. The summed E-state index contributed by atoms with van der Waals surface area (Å²) in [5, 5.41) is 0.726. The van der Waals surface area contributed by atoms with Crippen LogP contribution in [-0.2, 0) is 6.42 Å². The molecule has 0 aliphatic carbocycles. The number of nitrogens with zero attached hydrogens (tertiary/aromatic N) is 2. The average Bonchev–Trinajstić information content (AvgIpc) is 2.78. The second kappa shape index (κ2) is 5.47. The fourth-order valence-corrected chi connectivity index (χ4v) is 2.88. The number of hydrogen-bond donors (Lipinski definition) is 0. The van der Waals surface area contributed by atoms with Gasteiger partial charge in [-0.25, -0.2) is 4.98 Å². The van der Waals surface area contributed by atoms with Crippen molar-refractivity contribution in [1.82, 2.24) is 9.55 Å². The van der Waals surface area contributed by atoms with Crippen molar-refractivity contribution in [3.8, 4) is 5.69 Å². The van der Waals surface area contributed by atoms with Crippen LogP contribution in [0.25, 0.3) is 16.7 Å². The van der Waals surface area contributed by atoms with Crippen LogP contribution >= 0.6 is 23.2 Å². The highest BCUT2D eigenvalue weighted by molar-refractivity contribution is 6.32. The van der Waals surface area contributed by atoms with Crippen LogP contribution in [-0.4, -0.2) is 15.4 Å². The summed E-state index contributed by atoms with van der Waals surface area (Å²) in [5.41, 5.74) is 4.11. The maximum Gasteiger partial charge on any atom is 0.115 e. The topological polar surface area (TPSA) is 17.8 Å². The molecular weight excluding hydrogens is 291 g/mol. The average molecular weight is 305 g/mol. The molecule has 1 aromatic heterocycles. The SMILES string of the molecule is Cc1ccc(-n2c(CCCl)nc3ccccc32)c(Cl)c1.